The van der Waals surface area contributed by atoms with E-state index in [-0.39, 0.29) is 35.3 Å². The van der Waals surface area contributed by atoms with Crippen LogP contribution in [0, 0.1) is 0 Å². The van der Waals surface area contributed by atoms with Crippen molar-refractivity contribution in [1.82, 2.24) is 10.4 Å². The van der Waals surface area contributed by atoms with Crippen molar-refractivity contribution in [1.29, 1.82) is 0 Å². The Labute approximate surface area is 191 Å². The zero-order chi connectivity index (χ0) is 22.9. The van der Waals surface area contributed by atoms with Crippen molar-refractivity contribution < 1.29 is 29.4 Å². The van der Waals surface area contributed by atoms with E-state index in [1.165, 1.54) is 6.08 Å². The molecule has 9 heteroatoms. The number of carbonyl (C=O) groups excluding carboxylic acids is 2. The van der Waals surface area contributed by atoms with Crippen LogP contribution in [-0.2, 0) is 14.4 Å². The molecule has 1 amide bonds. The Morgan fingerprint density at radius 1 is 1.09 bits per heavy atom. The molecule has 0 unspecified atom stereocenters. The SMILES string of the molecule is O=C1OCCC=CCC/C=C/C(NOCC(=O)N2CC=CC2)=C/c2c(Cl)c(O)cc(O)c21. The van der Waals surface area contributed by atoms with Crippen molar-refractivity contribution >= 4 is 29.6 Å². The molecule has 0 bridgehead atoms. The maximum atomic E-state index is 12.6. The van der Waals surface area contributed by atoms with Gasteiger partial charge < -0.3 is 19.8 Å². The first kappa shape index (κ1) is 23.4. The van der Waals surface area contributed by atoms with E-state index in [1.807, 2.05) is 30.4 Å². The van der Waals surface area contributed by atoms with Gasteiger partial charge in [-0.1, -0.05) is 42.0 Å². The summed E-state index contributed by atoms with van der Waals surface area (Å²) in [5.74, 6) is -1.82. The van der Waals surface area contributed by atoms with Gasteiger partial charge in [0, 0.05) is 24.7 Å². The largest absolute Gasteiger partial charge is 0.507 e. The first-order chi connectivity index (χ1) is 15.5. The second kappa shape index (κ2) is 11.4. The molecule has 1 aromatic carbocycles. The van der Waals surface area contributed by atoms with Crippen LogP contribution in [0.2, 0.25) is 5.02 Å². The quantitative estimate of drug-likeness (QED) is 0.358. The number of benzene rings is 1. The molecule has 0 aliphatic carbocycles. The van der Waals surface area contributed by atoms with E-state index in [0.29, 0.717) is 25.2 Å². The Morgan fingerprint density at radius 2 is 1.81 bits per heavy atom. The van der Waals surface area contributed by atoms with E-state index < -0.39 is 17.5 Å². The maximum absolute atomic E-state index is 12.6. The van der Waals surface area contributed by atoms with E-state index in [9.17, 15) is 19.8 Å². The molecule has 0 saturated carbocycles. The normalized spacial score (nSPS) is 19.5. The molecule has 0 atom stereocenters. The molecule has 2 aliphatic rings. The number of hydroxylamine groups is 1. The highest BCUT2D eigenvalue weighted by atomic mass is 35.5. The Balaban J connectivity index is 1.88. The fourth-order valence-corrected chi connectivity index (χ4v) is 3.36. The molecule has 0 spiro atoms. The van der Waals surface area contributed by atoms with Crippen LogP contribution in [0.15, 0.2) is 48.2 Å². The lowest BCUT2D eigenvalue weighted by molar-refractivity contribution is -0.136. The van der Waals surface area contributed by atoms with Crippen LogP contribution in [0.25, 0.3) is 6.08 Å². The number of allylic oxidation sites excluding steroid dienone is 3. The minimum Gasteiger partial charge on any atom is -0.507 e. The zero-order valence-corrected chi connectivity index (χ0v) is 18.2. The standard InChI is InChI=1S/C23H25ClN2O6/c24-22-17-13-16(25-32-15-20(29)26-10-6-7-11-26)9-5-3-1-2-4-8-12-31-23(30)21(17)18(27)14-19(22)28/h2,4-7,9,13-14,25,27-28H,1,3,8,10-12,15H2/b4-2?,9-5+,16-13-. The van der Waals surface area contributed by atoms with Gasteiger partial charge in [-0.25, -0.2) is 4.79 Å². The number of ether oxygens (including phenoxy) is 1. The number of nitrogens with one attached hydrogen (secondary N) is 1. The molecule has 2 aliphatic heterocycles. The summed E-state index contributed by atoms with van der Waals surface area (Å²) in [6.07, 6.45) is 14.8. The van der Waals surface area contributed by atoms with Crippen LogP contribution in [0.4, 0.5) is 0 Å². The van der Waals surface area contributed by atoms with E-state index >= 15 is 0 Å². The number of rotatable bonds is 4. The van der Waals surface area contributed by atoms with Crippen LogP contribution >= 0.6 is 11.6 Å². The number of hydrogen-bond acceptors (Lipinski definition) is 7. The number of esters is 1. The van der Waals surface area contributed by atoms with Gasteiger partial charge in [0.1, 0.15) is 17.1 Å². The third-order valence-corrected chi connectivity index (χ3v) is 5.20. The topological polar surface area (TPSA) is 108 Å². The first-order valence-electron chi connectivity index (χ1n) is 10.2. The minimum absolute atomic E-state index is 0.0626. The van der Waals surface area contributed by atoms with Crippen LogP contribution in [0.3, 0.4) is 0 Å². The molecule has 0 radical (unpaired) electrons. The highest BCUT2D eigenvalue weighted by Gasteiger charge is 2.23. The summed E-state index contributed by atoms with van der Waals surface area (Å²) in [4.78, 5) is 31.8. The molecule has 3 N–H and O–H groups in total. The van der Waals surface area contributed by atoms with E-state index in [0.717, 1.165) is 18.9 Å². The van der Waals surface area contributed by atoms with Gasteiger partial charge in [-0.15, -0.1) is 0 Å². The van der Waals surface area contributed by atoms with Gasteiger partial charge >= 0.3 is 5.97 Å². The molecule has 8 nitrogen and oxygen atoms in total. The van der Waals surface area contributed by atoms with Gasteiger partial charge in [0.2, 0.25) is 0 Å². The lowest BCUT2D eigenvalue weighted by Gasteiger charge is -2.16. The van der Waals surface area contributed by atoms with Crippen LogP contribution < -0.4 is 5.48 Å². The number of halogens is 1. The third kappa shape index (κ3) is 6.15. The van der Waals surface area contributed by atoms with Crippen LogP contribution in [-0.4, -0.2) is 53.3 Å². The summed E-state index contributed by atoms with van der Waals surface area (Å²) in [6, 6.07) is 0.988. The number of phenols is 2. The Morgan fingerprint density at radius 3 is 2.59 bits per heavy atom. The number of phenolic OH excluding ortho intramolecular Hbond substituents is 2. The average molecular weight is 461 g/mol. The maximum Gasteiger partial charge on any atom is 0.342 e. The highest BCUT2D eigenvalue weighted by Crippen LogP contribution is 2.38. The number of aromatic hydroxyl groups is 2. The second-order valence-corrected chi connectivity index (χ2v) is 7.53. The van der Waals surface area contributed by atoms with Crippen molar-refractivity contribution in [3.05, 3.63) is 64.4 Å². The number of nitrogens with zero attached hydrogens (tertiary/aromatic N) is 1. The molecular formula is C23H25ClN2O6. The number of hydrogen-bond donors (Lipinski definition) is 3. The van der Waals surface area contributed by atoms with Crippen LogP contribution in [0.1, 0.15) is 35.2 Å². The molecule has 0 aromatic heterocycles. The van der Waals surface area contributed by atoms with E-state index in [4.69, 9.17) is 21.2 Å². The van der Waals surface area contributed by atoms with Gasteiger partial charge in [0.15, 0.2) is 6.61 Å². The smallest absolute Gasteiger partial charge is 0.342 e. The second-order valence-electron chi connectivity index (χ2n) is 7.15. The monoisotopic (exact) mass is 460 g/mol. The summed E-state index contributed by atoms with van der Waals surface area (Å²) < 4.78 is 5.25. The average Bonchev–Trinajstić information content (AvgIpc) is 3.30. The summed E-state index contributed by atoms with van der Waals surface area (Å²) in [5.41, 5.74) is 2.94. The molecule has 0 fully saturated rings. The van der Waals surface area contributed by atoms with Crippen molar-refractivity contribution in [2.75, 3.05) is 26.3 Å². The zero-order valence-electron chi connectivity index (χ0n) is 17.4. The Hall–Kier alpha value is -3.23. The number of fused-ring (bicyclic) bond motifs is 1. The lowest BCUT2D eigenvalue weighted by Crippen LogP contribution is -2.33. The summed E-state index contributed by atoms with van der Waals surface area (Å²) in [5, 5.41) is 20.2. The fraction of sp³-hybridized carbons (Fsp3) is 0.304. The molecule has 170 valence electrons. The van der Waals surface area contributed by atoms with Crippen molar-refractivity contribution in [2.24, 2.45) is 0 Å². The van der Waals surface area contributed by atoms with Gasteiger partial charge in [0.05, 0.1) is 17.3 Å². The lowest BCUT2D eigenvalue weighted by atomic mass is 10.0. The van der Waals surface area contributed by atoms with Crippen molar-refractivity contribution in [3.8, 4) is 11.5 Å². The molecule has 1 aromatic rings. The molecule has 3 rings (SSSR count). The van der Waals surface area contributed by atoms with Crippen LogP contribution in [0.5, 0.6) is 11.5 Å². The minimum atomic E-state index is -0.776. The predicted octanol–water partition coefficient (Wildman–Crippen LogP) is 3.46. The number of cyclic esters (lactones) is 1. The summed E-state index contributed by atoms with van der Waals surface area (Å²) in [7, 11) is 0. The third-order valence-electron chi connectivity index (χ3n) is 4.80. The summed E-state index contributed by atoms with van der Waals surface area (Å²) in [6.45, 7) is 1.02. The summed E-state index contributed by atoms with van der Waals surface area (Å²) >= 11 is 6.25. The van der Waals surface area contributed by atoms with Gasteiger partial charge in [-0.2, -0.15) is 0 Å². The predicted molar refractivity (Wildman–Crippen MR) is 120 cm³/mol. The molecular weight excluding hydrogens is 436 g/mol. The van der Waals surface area contributed by atoms with E-state index in [1.54, 1.807) is 11.0 Å². The molecule has 0 saturated heterocycles. The Bertz CT molecular complexity index is 975. The Kier molecular flexibility index (Phi) is 8.35. The first-order valence-corrected chi connectivity index (χ1v) is 10.6. The molecule has 32 heavy (non-hydrogen) atoms. The van der Waals surface area contributed by atoms with Gasteiger partial charge in [-0.05, 0) is 31.4 Å². The van der Waals surface area contributed by atoms with E-state index in [2.05, 4.69) is 5.48 Å². The van der Waals surface area contributed by atoms with Gasteiger partial charge in [-0.3, -0.25) is 15.1 Å². The number of carbonyl (C=O) groups is 2. The fourth-order valence-electron chi connectivity index (χ4n) is 3.15. The highest BCUT2D eigenvalue weighted by molar-refractivity contribution is 6.34. The van der Waals surface area contributed by atoms with Gasteiger partial charge in [0.25, 0.3) is 5.91 Å². The van der Waals surface area contributed by atoms with Crippen molar-refractivity contribution in [2.45, 2.75) is 19.3 Å². The number of amides is 1. The molecule has 2 heterocycles. The van der Waals surface area contributed by atoms with Crippen molar-refractivity contribution in [3.63, 3.8) is 0 Å².